The Kier molecular flexibility index (Phi) is 4.72. The summed E-state index contributed by atoms with van der Waals surface area (Å²) in [6.45, 7) is 5.21. The van der Waals surface area contributed by atoms with Crippen molar-refractivity contribution in [2.45, 2.75) is 12.8 Å². The lowest BCUT2D eigenvalue weighted by molar-refractivity contribution is 0.0597. The smallest absolute Gasteiger partial charge is 0.131 e. The molecule has 2 saturated heterocycles. The van der Waals surface area contributed by atoms with Crippen LogP contribution in [0.25, 0.3) is 0 Å². The van der Waals surface area contributed by atoms with Gasteiger partial charge in [-0.2, -0.15) is 5.26 Å². The highest BCUT2D eigenvalue weighted by Crippen LogP contribution is 2.36. The largest absolute Gasteiger partial charge is 0.379 e. The van der Waals surface area contributed by atoms with Gasteiger partial charge in [0.15, 0.2) is 0 Å². The number of ether oxygens (including phenoxy) is 1. The summed E-state index contributed by atoms with van der Waals surface area (Å²) in [4.78, 5) is 13.2. The van der Waals surface area contributed by atoms with Gasteiger partial charge < -0.3 is 14.5 Å². The summed E-state index contributed by atoms with van der Waals surface area (Å²) in [6.07, 6.45) is 5.68. The van der Waals surface area contributed by atoms with Gasteiger partial charge in [0.2, 0.25) is 0 Å². The minimum Gasteiger partial charge on any atom is -0.379 e. The van der Waals surface area contributed by atoms with Crippen LogP contribution in [0.3, 0.4) is 0 Å². The van der Waals surface area contributed by atoms with Crippen molar-refractivity contribution in [1.29, 1.82) is 5.26 Å². The third-order valence-electron chi connectivity index (χ3n) is 5.33. The highest BCUT2D eigenvalue weighted by Gasteiger charge is 2.39. The summed E-state index contributed by atoms with van der Waals surface area (Å²) in [5, 5.41) is 9.21. The van der Waals surface area contributed by atoms with Crippen LogP contribution in [0.4, 0.5) is 11.5 Å². The molecule has 2 aliphatic rings. The van der Waals surface area contributed by atoms with Crippen molar-refractivity contribution >= 4 is 11.5 Å². The fourth-order valence-electron chi connectivity index (χ4n) is 4.11. The normalized spacial score (nSPS) is 23.5. The van der Waals surface area contributed by atoms with Gasteiger partial charge in [-0.25, -0.2) is 9.97 Å². The number of nitriles is 1. The summed E-state index contributed by atoms with van der Waals surface area (Å²) in [7, 11) is 0. The quantitative estimate of drug-likeness (QED) is 0.830. The van der Waals surface area contributed by atoms with Gasteiger partial charge in [0.1, 0.15) is 12.1 Å². The summed E-state index contributed by atoms with van der Waals surface area (Å²) in [6, 6.07) is 12.1. The SMILES string of the molecule is N#Cc1cccc(N2CCOCC3(CCCN(c4ccncn4)C3)C2)c1. The van der Waals surface area contributed by atoms with E-state index in [9.17, 15) is 5.26 Å². The third-order valence-corrected chi connectivity index (χ3v) is 5.33. The Morgan fingerprint density at radius 2 is 2.08 bits per heavy atom. The molecule has 0 N–H and O–H groups in total. The molecule has 0 saturated carbocycles. The van der Waals surface area contributed by atoms with Crippen molar-refractivity contribution in [2.24, 2.45) is 5.41 Å². The minimum atomic E-state index is 0.0718. The Labute approximate surface area is 154 Å². The predicted octanol–water partition coefficient (Wildman–Crippen LogP) is 2.47. The van der Waals surface area contributed by atoms with Crippen molar-refractivity contribution < 1.29 is 4.74 Å². The zero-order valence-electron chi connectivity index (χ0n) is 14.8. The summed E-state index contributed by atoms with van der Waals surface area (Å²) >= 11 is 0. The maximum absolute atomic E-state index is 9.21. The number of hydrogen-bond acceptors (Lipinski definition) is 6. The van der Waals surface area contributed by atoms with Crippen LogP contribution in [0, 0.1) is 16.7 Å². The fourth-order valence-corrected chi connectivity index (χ4v) is 4.11. The molecule has 6 nitrogen and oxygen atoms in total. The lowest BCUT2D eigenvalue weighted by atomic mass is 9.80. The van der Waals surface area contributed by atoms with Gasteiger partial charge in [-0.05, 0) is 37.1 Å². The molecule has 2 aromatic rings. The highest BCUT2D eigenvalue weighted by atomic mass is 16.5. The van der Waals surface area contributed by atoms with Gasteiger partial charge in [-0.3, -0.25) is 0 Å². The fraction of sp³-hybridized carbons (Fsp3) is 0.450. The van der Waals surface area contributed by atoms with Crippen LogP contribution in [0.1, 0.15) is 18.4 Å². The Morgan fingerprint density at radius 3 is 2.92 bits per heavy atom. The lowest BCUT2D eigenvalue weighted by Crippen LogP contribution is -2.51. The molecule has 2 aliphatic heterocycles. The van der Waals surface area contributed by atoms with Gasteiger partial charge in [-0.15, -0.1) is 0 Å². The Balaban J connectivity index is 1.57. The van der Waals surface area contributed by atoms with Crippen molar-refractivity contribution in [3.05, 3.63) is 48.4 Å². The van der Waals surface area contributed by atoms with Gasteiger partial charge in [0.05, 0.1) is 24.8 Å². The van der Waals surface area contributed by atoms with E-state index in [1.165, 1.54) is 0 Å². The molecule has 3 heterocycles. The van der Waals surface area contributed by atoms with E-state index in [-0.39, 0.29) is 5.41 Å². The molecule has 0 amide bonds. The highest BCUT2D eigenvalue weighted by molar-refractivity contribution is 5.52. The molecule has 4 rings (SSSR count). The van der Waals surface area contributed by atoms with Crippen molar-refractivity contribution in [3.63, 3.8) is 0 Å². The summed E-state index contributed by atoms with van der Waals surface area (Å²) in [5.41, 5.74) is 1.88. The molecule has 0 aliphatic carbocycles. The van der Waals surface area contributed by atoms with E-state index < -0.39 is 0 Å². The van der Waals surface area contributed by atoms with Crippen LogP contribution >= 0.6 is 0 Å². The second kappa shape index (κ2) is 7.30. The number of rotatable bonds is 2. The van der Waals surface area contributed by atoms with Gasteiger partial charge in [-0.1, -0.05) is 6.07 Å². The lowest BCUT2D eigenvalue weighted by Gasteiger charge is -2.44. The molecular weight excluding hydrogens is 326 g/mol. The molecular formula is C20H23N5O. The summed E-state index contributed by atoms with van der Waals surface area (Å²) < 4.78 is 6.01. The molecule has 1 aromatic carbocycles. The standard InChI is InChI=1S/C20H23N5O/c21-12-17-3-1-4-18(11-17)24-9-10-26-15-20(13-24)6-2-8-25(14-20)19-5-7-22-16-23-19/h1,3-5,7,11,16H,2,6,8-10,13-15H2. The average Bonchev–Trinajstić information content (AvgIpc) is 2.91. The number of piperidine rings is 1. The van der Waals surface area contributed by atoms with Crippen molar-refractivity contribution in [2.75, 3.05) is 49.2 Å². The number of hydrogen-bond donors (Lipinski definition) is 0. The van der Waals surface area contributed by atoms with E-state index in [1.54, 1.807) is 12.5 Å². The molecule has 0 bridgehead atoms. The van der Waals surface area contributed by atoms with E-state index in [2.05, 4.69) is 31.9 Å². The number of anilines is 2. The summed E-state index contributed by atoms with van der Waals surface area (Å²) in [5.74, 6) is 0.987. The molecule has 1 unspecified atom stereocenters. The first kappa shape index (κ1) is 16.8. The van der Waals surface area contributed by atoms with E-state index in [0.717, 1.165) is 57.1 Å². The van der Waals surface area contributed by atoms with Crippen LogP contribution < -0.4 is 9.80 Å². The predicted molar refractivity (Wildman–Crippen MR) is 100 cm³/mol. The van der Waals surface area contributed by atoms with Crippen LogP contribution in [0.15, 0.2) is 42.9 Å². The maximum atomic E-state index is 9.21. The second-order valence-corrected chi connectivity index (χ2v) is 7.23. The zero-order chi connectivity index (χ0) is 17.8. The van der Waals surface area contributed by atoms with Crippen LogP contribution in [0.5, 0.6) is 0 Å². The second-order valence-electron chi connectivity index (χ2n) is 7.23. The molecule has 26 heavy (non-hydrogen) atoms. The molecule has 2 fully saturated rings. The van der Waals surface area contributed by atoms with E-state index in [1.807, 2.05) is 24.3 Å². The number of aromatic nitrogens is 2. The molecule has 1 atom stereocenters. The van der Waals surface area contributed by atoms with E-state index in [4.69, 9.17) is 4.74 Å². The molecule has 0 radical (unpaired) electrons. The molecule has 1 aromatic heterocycles. The topological polar surface area (TPSA) is 65.3 Å². The van der Waals surface area contributed by atoms with Crippen LogP contribution in [0.2, 0.25) is 0 Å². The third kappa shape index (κ3) is 3.49. The number of benzene rings is 1. The Bertz CT molecular complexity index is 790. The minimum absolute atomic E-state index is 0.0718. The van der Waals surface area contributed by atoms with Crippen LogP contribution in [-0.2, 0) is 4.74 Å². The molecule has 1 spiro atoms. The van der Waals surface area contributed by atoms with E-state index >= 15 is 0 Å². The van der Waals surface area contributed by atoms with Gasteiger partial charge in [0, 0.05) is 43.5 Å². The maximum Gasteiger partial charge on any atom is 0.131 e. The first-order valence-corrected chi connectivity index (χ1v) is 9.12. The van der Waals surface area contributed by atoms with Crippen LogP contribution in [-0.4, -0.2) is 49.4 Å². The number of nitrogens with zero attached hydrogens (tertiary/aromatic N) is 5. The molecule has 6 heteroatoms. The zero-order valence-corrected chi connectivity index (χ0v) is 14.8. The Hall–Kier alpha value is -2.65. The van der Waals surface area contributed by atoms with E-state index in [0.29, 0.717) is 12.2 Å². The van der Waals surface area contributed by atoms with Gasteiger partial charge in [0.25, 0.3) is 0 Å². The Morgan fingerprint density at radius 1 is 1.15 bits per heavy atom. The first-order valence-electron chi connectivity index (χ1n) is 9.12. The van der Waals surface area contributed by atoms with Crippen molar-refractivity contribution in [1.82, 2.24) is 9.97 Å². The van der Waals surface area contributed by atoms with Gasteiger partial charge >= 0.3 is 0 Å². The van der Waals surface area contributed by atoms with Crippen molar-refractivity contribution in [3.8, 4) is 6.07 Å². The monoisotopic (exact) mass is 349 g/mol. The molecule has 134 valence electrons. The first-order chi connectivity index (χ1) is 12.8. The average molecular weight is 349 g/mol.